The molecule has 0 spiro atoms. The zero-order valence-electron chi connectivity index (χ0n) is 13.3. The first-order valence-electron chi connectivity index (χ1n) is 7.98. The van der Waals surface area contributed by atoms with Crippen LogP contribution in [0.3, 0.4) is 0 Å². The summed E-state index contributed by atoms with van der Waals surface area (Å²) < 4.78 is 6.00. The summed E-state index contributed by atoms with van der Waals surface area (Å²) in [5, 5.41) is 3.52. The molecule has 3 unspecified atom stereocenters. The van der Waals surface area contributed by atoms with E-state index in [1.807, 2.05) is 0 Å². The molecule has 0 radical (unpaired) electrons. The van der Waals surface area contributed by atoms with Crippen LogP contribution in [-0.2, 0) is 4.74 Å². The molecule has 0 aromatic heterocycles. The summed E-state index contributed by atoms with van der Waals surface area (Å²) in [5.74, 6) is 0.756. The van der Waals surface area contributed by atoms with E-state index in [9.17, 15) is 0 Å². The van der Waals surface area contributed by atoms with Gasteiger partial charge in [0.05, 0.1) is 6.10 Å². The molecule has 18 heavy (non-hydrogen) atoms. The van der Waals surface area contributed by atoms with Gasteiger partial charge in [0.25, 0.3) is 0 Å². The minimum Gasteiger partial charge on any atom is -0.378 e. The van der Waals surface area contributed by atoms with Crippen LogP contribution in [0.15, 0.2) is 0 Å². The zero-order chi connectivity index (χ0) is 13.8. The molecule has 0 rings (SSSR count). The molecule has 0 aliphatic rings. The van der Waals surface area contributed by atoms with Crippen molar-refractivity contribution >= 4 is 0 Å². The molecule has 0 aliphatic carbocycles. The lowest BCUT2D eigenvalue weighted by Gasteiger charge is -2.22. The fourth-order valence-electron chi connectivity index (χ4n) is 2.24. The third-order valence-corrected chi connectivity index (χ3v) is 3.59. The van der Waals surface area contributed by atoms with Crippen LogP contribution in [-0.4, -0.2) is 25.3 Å². The Morgan fingerprint density at radius 3 is 2.33 bits per heavy atom. The molecule has 0 bridgehead atoms. The number of nitrogens with one attached hydrogen (secondary N) is 1. The van der Waals surface area contributed by atoms with E-state index in [-0.39, 0.29) is 0 Å². The van der Waals surface area contributed by atoms with E-state index >= 15 is 0 Å². The highest BCUT2D eigenvalue weighted by Crippen LogP contribution is 2.14. The predicted octanol–water partition coefficient (Wildman–Crippen LogP) is 4.39. The van der Waals surface area contributed by atoms with Gasteiger partial charge in [0.1, 0.15) is 0 Å². The van der Waals surface area contributed by atoms with Gasteiger partial charge in [-0.1, -0.05) is 40.0 Å². The number of unbranched alkanes of at least 4 members (excludes halogenated alkanes) is 1. The monoisotopic (exact) mass is 257 g/mol. The highest BCUT2D eigenvalue weighted by atomic mass is 16.5. The molecule has 2 heteroatoms. The molecule has 0 aromatic carbocycles. The number of ether oxygens (including phenoxy) is 1. The quantitative estimate of drug-likeness (QED) is 0.560. The van der Waals surface area contributed by atoms with Gasteiger partial charge in [0.2, 0.25) is 0 Å². The van der Waals surface area contributed by atoms with E-state index in [1.165, 1.54) is 32.1 Å². The van der Waals surface area contributed by atoms with Crippen molar-refractivity contribution in [2.24, 2.45) is 5.92 Å². The lowest BCUT2D eigenvalue weighted by atomic mass is 10.0. The minimum absolute atomic E-state index is 0.375. The molecule has 0 aromatic rings. The second-order valence-corrected chi connectivity index (χ2v) is 5.65. The highest BCUT2D eigenvalue weighted by Gasteiger charge is 2.11. The van der Waals surface area contributed by atoms with Crippen molar-refractivity contribution in [1.82, 2.24) is 5.32 Å². The van der Waals surface area contributed by atoms with Gasteiger partial charge in [0, 0.05) is 12.6 Å². The Labute approximate surface area is 115 Å². The van der Waals surface area contributed by atoms with Gasteiger partial charge in [-0.25, -0.2) is 0 Å². The molecule has 2 nitrogen and oxygen atoms in total. The standard InChI is InChI=1S/C16H35NO/c1-6-9-10-16(8-3)13-18-15(5)12-14(4)17-11-7-2/h14-17H,6-13H2,1-5H3. The SMILES string of the molecule is CCCCC(CC)COC(C)CC(C)NCCC. The van der Waals surface area contributed by atoms with Gasteiger partial charge in [0.15, 0.2) is 0 Å². The van der Waals surface area contributed by atoms with Crippen molar-refractivity contribution in [3.63, 3.8) is 0 Å². The van der Waals surface area contributed by atoms with Crippen LogP contribution in [0.25, 0.3) is 0 Å². The van der Waals surface area contributed by atoms with Gasteiger partial charge >= 0.3 is 0 Å². The van der Waals surface area contributed by atoms with Gasteiger partial charge in [-0.15, -0.1) is 0 Å². The fraction of sp³-hybridized carbons (Fsp3) is 1.00. The van der Waals surface area contributed by atoms with Crippen LogP contribution in [0.1, 0.15) is 73.1 Å². The average molecular weight is 257 g/mol. The zero-order valence-corrected chi connectivity index (χ0v) is 13.3. The summed E-state index contributed by atoms with van der Waals surface area (Å²) in [6, 6.07) is 0.565. The largest absolute Gasteiger partial charge is 0.378 e. The van der Waals surface area contributed by atoms with Gasteiger partial charge in [-0.2, -0.15) is 0 Å². The Bertz CT molecular complexity index is 172. The van der Waals surface area contributed by atoms with E-state index in [2.05, 4.69) is 39.9 Å². The van der Waals surface area contributed by atoms with Crippen molar-refractivity contribution in [1.29, 1.82) is 0 Å². The molecule has 110 valence electrons. The van der Waals surface area contributed by atoms with Crippen LogP contribution >= 0.6 is 0 Å². The topological polar surface area (TPSA) is 21.3 Å². The van der Waals surface area contributed by atoms with E-state index in [4.69, 9.17) is 4.74 Å². The Kier molecular flexibility index (Phi) is 11.9. The van der Waals surface area contributed by atoms with Gasteiger partial charge in [-0.3, -0.25) is 0 Å². The number of hydrogen-bond acceptors (Lipinski definition) is 2. The highest BCUT2D eigenvalue weighted by molar-refractivity contribution is 4.65. The lowest BCUT2D eigenvalue weighted by Crippen LogP contribution is -2.31. The molecule has 0 saturated carbocycles. The maximum Gasteiger partial charge on any atom is 0.0561 e. The summed E-state index contributed by atoms with van der Waals surface area (Å²) in [5.41, 5.74) is 0. The number of rotatable bonds is 12. The number of hydrogen-bond donors (Lipinski definition) is 1. The Morgan fingerprint density at radius 2 is 1.78 bits per heavy atom. The Morgan fingerprint density at radius 1 is 1.06 bits per heavy atom. The molecule has 0 aliphatic heterocycles. The van der Waals surface area contributed by atoms with Crippen molar-refractivity contribution in [3.8, 4) is 0 Å². The van der Waals surface area contributed by atoms with E-state index < -0.39 is 0 Å². The summed E-state index contributed by atoms with van der Waals surface area (Å²) >= 11 is 0. The first kappa shape index (κ1) is 17.9. The van der Waals surface area contributed by atoms with Crippen molar-refractivity contribution in [3.05, 3.63) is 0 Å². The van der Waals surface area contributed by atoms with Crippen LogP contribution < -0.4 is 5.32 Å². The smallest absolute Gasteiger partial charge is 0.0561 e. The van der Waals surface area contributed by atoms with Crippen molar-refractivity contribution < 1.29 is 4.74 Å². The molecular weight excluding hydrogens is 222 g/mol. The first-order chi connectivity index (χ1) is 8.63. The summed E-state index contributed by atoms with van der Waals surface area (Å²) in [6.07, 6.45) is 7.90. The summed E-state index contributed by atoms with van der Waals surface area (Å²) in [4.78, 5) is 0. The maximum absolute atomic E-state index is 6.00. The lowest BCUT2D eigenvalue weighted by molar-refractivity contribution is 0.0272. The molecule has 1 N–H and O–H groups in total. The molecule has 0 fully saturated rings. The second kappa shape index (κ2) is 12.0. The summed E-state index contributed by atoms with van der Waals surface area (Å²) in [7, 11) is 0. The Hall–Kier alpha value is -0.0800. The molecule has 0 amide bonds. The van der Waals surface area contributed by atoms with Crippen LogP contribution in [0.2, 0.25) is 0 Å². The van der Waals surface area contributed by atoms with Crippen molar-refractivity contribution in [2.45, 2.75) is 85.3 Å². The molecule has 3 atom stereocenters. The fourth-order valence-corrected chi connectivity index (χ4v) is 2.24. The van der Waals surface area contributed by atoms with E-state index in [0.717, 1.165) is 25.5 Å². The van der Waals surface area contributed by atoms with Gasteiger partial charge in [-0.05, 0) is 45.6 Å². The second-order valence-electron chi connectivity index (χ2n) is 5.65. The third kappa shape index (κ3) is 9.90. The first-order valence-corrected chi connectivity index (χ1v) is 7.98. The van der Waals surface area contributed by atoms with Crippen molar-refractivity contribution in [2.75, 3.05) is 13.2 Å². The van der Waals surface area contributed by atoms with Crippen LogP contribution in [0.5, 0.6) is 0 Å². The third-order valence-electron chi connectivity index (χ3n) is 3.59. The average Bonchev–Trinajstić information content (AvgIpc) is 2.36. The Balaban J connectivity index is 3.68. The van der Waals surface area contributed by atoms with E-state index in [0.29, 0.717) is 12.1 Å². The van der Waals surface area contributed by atoms with Crippen LogP contribution in [0, 0.1) is 5.92 Å². The molecule has 0 heterocycles. The van der Waals surface area contributed by atoms with Gasteiger partial charge < -0.3 is 10.1 Å². The predicted molar refractivity (Wildman–Crippen MR) is 81.1 cm³/mol. The van der Waals surface area contributed by atoms with E-state index in [1.54, 1.807) is 0 Å². The maximum atomic E-state index is 6.00. The molecular formula is C16H35NO. The normalized spacial score (nSPS) is 16.5. The molecule has 0 saturated heterocycles. The van der Waals surface area contributed by atoms with Crippen LogP contribution in [0.4, 0.5) is 0 Å². The summed E-state index contributed by atoms with van der Waals surface area (Å²) in [6.45, 7) is 13.3. The minimum atomic E-state index is 0.375.